The van der Waals surface area contributed by atoms with Crippen molar-refractivity contribution >= 4 is 17.3 Å². The molecule has 1 fully saturated rings. The number of esters is 1. The third-order valence-corrected chi connectivity index (χ3v) is 3.33. The van der Waals surface area contributed by atoms with Crippen LogP contribution in [0.15, 0.2) is 18.2 Å². The van der Waals surface area contributed by atoms with Crippen LogP contribution in [0.4, 0.5) is 11.4 Å². The number of nitrogen functional groups attached to an aromatic ring is 1. The molecule has 4 nitrogen and oxygen atoms in total. The molecule has 1 aromatic rings. The summed E-state index contributed by atoms with van der Waals surface area (Å²) in [5.74, 6) is 0.401. The lowest BCUT2D eigenvalue weighted by Gasteiger charge is -2.12. The number of carbonyl (C=O) groups excluding carboxylic acids is 1. The first-order valence-electron chi connectivity index (χ1n) is 6.48. The molecule has 0 amide bonds. The van der Waals surface area contributed by atoms with Crippen LogP contribution in [-0.2, 0) is 4.74 Å². The third-order valence-electron chi connectivity index (χ3n) is 3.33. The highest BCUT2D eigenvalue weighted by Crippen LogP contribution is 2.37. The van der Waals surface area contributed by atoms with Crippen LogP contribution in [0.3, 0.4) is 0 Å². The Balaban J connectivity index is 2.15. The summed E-state index contributed by atoms with van der Waals surface area (Å²) < 4.78 is 5.04. The molecule has 2 unspecified atom stereocenters. The highest BCUT2D eigenvalue weighted by Gasteiger charge is 2.35. The predicted octanol–water partition coefficient (Wildman–Crippen LogP) is 2.66. The fraction of sp³-hybridized carbons (Fsp3) is 0.500. The Morgan fingerprint density at radius 3 is 2.89 bits per heavy atom. The minimum atomic E-state index is -0.319. The first-order valence-corrected chi connectivity index (χ1v) is 6.48. The fourth-order valence-corrected chi connectivity index (χ4v) is 2.14. The average Bonchev–Trinajstić information content (AvgIpc) is 3.10. The van der Waals surface area contributed by atoms with Gasteiger partial charge in [-0.3, -0.25) is 0 Å². The molecule has 1 aliphatic rings. The summed E-state index contributed by atoms with van der Waals surface area (Å²) in [5.41, 5.74) is 7.65. The highest BCUT2D eigenvalue weighted by molar-refractivity contribution is 5.96. The number of nitrogens with two attached hydrogens (primary N) is 1. The first kappa shape index (κ1) is 12.7. The number of ether oxygens (including phenoxy) is 1. The fourth-order valence-electron chi connectivity index (χ4n) is 2.14. The second-order valence-electron chi connectivity index (χ2n) is 4.68. The molecule has 1 aliphatic carbocycles. The smallest absolute Gasteiger partial charge is 0.340 e. The van der Waals surface area contributed by atoms with E-state index in [1.807, 2.05) is 6.07 Å². The average molecular weight is 248 g/mol. The molecule has 2 atom stereocenters. The Bertz CT molecular complexity index is 445. The topological polar surface area (TPSA) is 64.3 Å². The van der Waals surface area contributed by atoms with Gasteiger partial charge >= 0.3 is 5.97 Å². The zero-order valence-electron chi connectivity index (χ0n) is 10.9. The van der Waals surface area contributed by atoms with E-state index < -0.39 is 0 Å². The van der Waals surface area contributed by atoms with E-state index in [0.29, 0.717) is 23.9 Å². The van der Waals surface area contributed by atoms with E-state index in [4.69, 9.17) is 10.5 Å². The number of anilines is 2. The Morgan fingerprint density at radius 2 is 2.28 bits per heavy atom. The van der Waals surface area contributed by atoms with E-state index >= 15 is 0 Å². The summed E-state index contributed by atoms with van der Waals surface area (Å²) in [4.78, 5) is 11.9. The molecule has 1 saturated carbocycles. The van der Waals surface area contributed by atoms with Gasteiger partial charge in [-0.25, -0.2) is 4.79 Å². The van der Waals surface area contributed by atoms with Gasteiger partial charge in [-0.15, -0.1) is 0 Å². The Hall–Kier alpha value is -1.71. The summed E-state index contributed by atoms with van der Waals surface area (Å²) in [5, 5.41) is 3.40. The molecule has 0 saturated heterocycles. The number of rotatable bonds is 5. The van der Waals surface area contributed by atoms with Crippen LogP contribution in [0.5, 0.6) is 0 Å². The molecule has 4 heteroatoms. The standard InChI is InChI=1S/C14H20N2O2/c1-3-9-7-13(9)16-12-6-5-10(15)8-11(12)14(17)18-4-2/h5-6,8-9,13,16H,3-4,7,15H2,1-2H3. The van der Waals surface area contributed by atoms with Gasteiger partial charge < -0.3 is 15.8 Å². The zero-order valence-corrected chi connectivity index (χ0v) is 10.9. The summed E-state index contributed by atoms with van der Waals surface area (Å²) in [6, 6.07) is 5.80. The van der Waals surface area contributed by atoms with Crippen molar-refractivity contribution in [1.29, 1.82) is 0 Å². The molecule has 18 heavy (non-hydrogen) atoms. The molecule has 0 aliphatic heterocycles. The maximum Gasteiger partial charge on any atom is 0.340 e. The van der Waals surface area contributed by atoms with Crippen LogP contribution in [0.25, 0.3) is 0 Å². The molecule has 0 heterocycles. The molecule has 98 valence electrons. The van der Waals surface area contributed by atoms with Crippen molar-refractivity contribution in [1.82, 2.24) is 0 Å². The number of hydrogen-bond acceptors (Lipinski definition) is 4. The Kier molecular flexibility index (Phi) is 3.75. The van der Waals surface area contributed by atoms with Gasteiger partial charge in [-0.2, -0.15) is 0 Å². The van der Waals surface area contributed by atoms with Gasteiger partial charge in [0.05, 0.1) is 12.2 Å². The van der Waals surface area contributed by atoms with E-state index in [1.165, 1.54) is 12.8 Å². The molecular formula is C14H20N2O2. The minimum absolute atomic E-state index is 0.319. The largest absolute Gasteiger partial charge is 0.462 e. The SMILES string of the molecule is CCOC(=O)c1cc(N)ccc1NC1CC1CC. The minimum Gasteiger partial charge on any atom is -0.462 e. The van der Waals surface area contributed by atoms with Crippen molar-refractivity contribution in [3.05, 3.63) is 23.8 Å². The van der Waals surface area contributed by atoms with E-state index in [-0.39, 0.29) is 5.97 Å². The zero-order chi connectivity index (χ0) is 13.1. The monoisotopic (exact) mass is 248 g/mol. The van der Waals surface area contributed by atoms with Crippen molar-refractivity contribution < 1.29 is 9.53 Å². The van der Waals surface area contributed by atoms with Crippen LogP contribution >= 0.6 is 0 Å². The van der Waals surface area contributed by atoms with Crippen molar-refractivity contribution in [2.24, 2.45) is 5.92 Å². The van der Waals surface area contributed by atoms with Crippen molar-refractivity contribution in [3.63, 3.8) is 0 Å². The number of nitrogens with one attached hydrogen (secondary N) is 1. The van der Waals surface area contributed by atoms with Gasteiger partial charge in [0.1, 0.15) is 0 Å². The van der Waals surface area contributed by atoms with Crippen LogP contribution in [-0.4, -0.2) is 18.6 Å². The van der Waals surface area contributed by atoms with Crippen LogP contribution in [0.1, 0.15) is 37.0 Å². The summed E-state index contributed by atoms with van der Waals surface area (Å²) in [6.45, 7) is 4.35. The van der Waals surface area contributed by atoms with Crippen molar-refractivity contribution in [2.45, 2.75) is 32.7 Å². The lowest BCUT2D eigenvalue weighted by molar-refractivity contribution is 0.0527. The highest BCUT2D eigenvalue weighted by atomic mass is 16.5. The molecule has 1 aromatic carbocycles. The summed E-state index contributed by atoms with van der Waals surface area (Å²) in [6.07, 6.45) is 2.34. The van der Waals surface area contributed by atoms with E-state index in [2.05, 4.69) is 12.2 Å². The third kappa shape index (κ3) is 2.75. The van der Waals surface area contributed by atoms with Crippen LogP contribution in [0, 0.1) is 5.92 Å². The van der Waals surface area contributed by atoms with Gasteiger partial charge in [0.15, 0.2) is 0 Å². The van der Waals surface area contributed by atoms with Gasteiger partial charge in [0.2, 0.25) is 0 Å². The summed E-state index contributed by atoms with van der Waals surface area (Å²) in [7, 11) is 0. The van der Waals surface area contributed by atoms with Crippen LogP contribution < -0.4 is 11.1 Å². The maximum absolute atomic E-state index is 11.9. The van der Waals surface area contributed by atoms with Gasteiger partial charge in [0.25, 0.3) is 0 Å². The van der Waals surface area contributed by atoms with Gasteiger partial charge in [-0.05, 0) is 37.5 Å². The molecule has 0 bridgehead atoms. The van der Waals surface area contributed by atoms with Gasteiger partial charge in [-0.1, -0.05) is 13.3 Å². The molecule has 0 radical (unpaired) electrons. The lowest BCUT2D eigenvalue weighted by atomic mass is 10.1. The van der Waals surface area contributed by atoms with Crippen molar-refractivity contribution in [2.75, 3.05) is 17.7 Å². The first-order chi connectivity index (χ1) is 8.65. The molecule has 2 rings (SSSR count). The van der Waals surface area contributed by atoms with E-state index in [0.717, 1.165) is 11.6 Å². The quantitative estimate of drug-likeness (QED) is 0.621. The van der Waals surface area contributed by atoms with Crippen molar-refractivity contribution in [3.8, 4) is 0 Å². The molecule has 0 aromatic heterocycles. The van der Waals surface area contributed by atoms with E-state index in [1.54, 1.807) is 19.1 Å². The predicted molar refractivity (Wildman–Crippen MR) is 72.6 cm³/mol. The molecule has 0 spiro atoms. The second-order valence-corrected chi connectivity index (χ2v) is 4.68. The number of hydrogen-bond donors (Lipinski definition) is 2. The second kappa shape index (κ2) is 5.29. The summed E-state index contributed by atoms with van der Waals surface area (Å²) >= 11 is 0. The number of carbonyl (C=O) groups is 1. The Labute approximate surface area is 108 Å². The molecular weight excluding hydrogens is 228 g/mol. The van der Waals surface area contributed by atoms with Crippen LogP contribution in [0.2, 0.25) is 0 Å². The Morgan fingerprint density at radius 1 is 1.50 bits per heavy atom. The van der Waals surface area contributed by atoms with Gasteiger partial charge in [0, 0.05) is 17.4 Å². The maximum atomic E-state index is 11.9. The molecule has 3 N–H and O–H groups in total. The number of benzene rings is 1. The lowest BCUT2D eigenvalue weighted by Crippen LogP contribution is -2.12. The normalized spacial score (nSPS) is 21.4. The van der Waals surface area contributed by atoms with E-state index in [9.17, 15) is 4.79 Å².